The van der Waals surface area contributed by atoms with Gasteiger partial charge in [-0.1, -0.05) is 69.0 Å². The molecular formula is C26H21N. The summed E-state index contributed by atoms with van der Waals surface area (Å²) in [5.41, 5.74) is 8.65. The molecule has 3 aromatic carbocycles. The zero-order chi connectivity index (χ0) is 18.6. The first-order valence-corrected chi connectivity index (χ1v) is 9.36. The van der Waals surface area contributed by atoms with Crippen LogP contribution in [0.25, 0.3) is 39.2 Å². The zero-order valence-electron chi connectivity index (χ0n) is 15.7. The number of nitrogens with zero attached hydrogens (tertiary/aromatic N) is 1. The molecule has 0 radical (unpaired) electrons. The minimum absolute atomic E-state index is 0.0497. The fraction of sp³-hybridized carbons (Fsp3) is 0.115. The van der Waals surface area contributed by atoms with Gasteiger partial charge in [0.25, 0.3) is 0 Å². The highest BCUT2D eigenvalue weighted by Gasteiger charge is 2.37. The average Bonchev–Trinajstić information content (AvgIpc) is 2.94. The van der Waals surface area contributed by atoms with E-state index in [1.165, 1.54) is 33.0 Å². The van der Waals surface area contributed by atoms with Gasteiger partial charge < -0.3 is 0 Å². The van der Waals surface area contributed by atoms with Crippen LogP contribution in [0.5, 0.6) is 0 Å². The van der Waals surface area contributed by atoms with Gasteiger partial charge in [0.05, 0.1) is 5.69 Å². The zero-order valence-corrected chi connectivity index (χ0v) is 15.7. The number of hydrogen-bond donors (Lipinski definition) is 0. The van der Waals surface area contributed by atoms with Gasteiger partial charge in [-0.05, 0) is 62.9 Å². The predicted molar refractivity (Wildman–Crippen MR) is 115 cm³/mol. The molecule has 4 aromatic rings. The van der Waals surface area contributed by atoms with Gasteiger partial charge in [-0.15, -0.1) is 0 Å². The monoisotopic (exact) mass is 347 g/mol. The van der Waals surface area contributed by atoms with Crippen molar-refractivity contribution in [2.45, 2.75) is 19.3 Å². The lowest BCUT2D eigenvalue weighted by molar-refractivity contribution is 0.666. The van der Waals surface area contributed by atoms with Crippen molar-refractivity contribution in [2.75, 3.05) is 0 Å². The van der Waals surface area contributed by atoms with Crippen molar-refractivity contribution >= 4 is 16.8 Å². The van der Waals surface area contributed by atoms with E-state index in [4.69, 9.17) is 0 Å². The quantitative estimate of drug-likeness (QED) is 0.386. The molecule has 0 atom stereocenters. The van der Waals surface area contributed by atoms with Gasteiger partial charge >= 0.3 is 0 Å². The first kappa shape index (κ1) is 16.0. The molecule has 0 saturated carbocycles. The maximum absolute atomic E-state index is 4.58. The minimum atomic E-state index is -0.0497. The van der Waals surface area contributed by atoms with E-state index in [9.17, 15) is 0 Å². The summed E-state index contributed by atoms with van der Waals surface area (Å²) in [6.45, 7) is 8.72. The van der Waals surface area contributed by atoms with Crippen LogP contribution in [-0.2, 0) is 5.41 Å². The SMILES string of the molecule is C=Cc1cc2c(cc1-c1ccccn1)-c1ccc3ccccc3c1C2(C)C. The third-order valence-corrected chi connectivity index (χ3v) is 5.87. The predicted octanol–water partition coefficient (Wildman–Crippen LogP) is 6.85. The Hall–Kier alpha value is -3.19. The van der Waals surface area contributed by atoms with E-state index in [-0.39, 0.29) is 5.41 Å². The van der Waals surface area contributed by atoms with Crippen molar-refractivity contribution in [3.63, 3.8) is 0 Å². The molecule has 1 heterocycles. The molecule has 0 N–H and O–H groups in total. The van der Waals surface area contributed by atoms with Crippen molar-refractivity contribution in [3.8, 4) is 22.4 Å². The summed E-state index contributed by atoms with van der Waals surface area (Å²) >= 11 is 0. The molecule has 0 unspecified atom stereocenters. The Balaban J connectivity index is 1.86. The average molecular weight is 347 g/mol. The van der Waals surface area contributed by atoms with E-state index < -0.39 is 0 Å². The van der Waals surface area contributed by atoms with Gasteiger partial charge in [0.1, 0.15) is 0 Å². The molecule has 27 heavy (non-hydrogen) atoms. The molecule has 130 valence electrons. The standard InChI is InChI=1S/C26H21N/c1-4-17-15-23-22(16-21(17)24-11-7-8-14-27-24)20-13-12-18-9-5-6-10-19(18)25(20)26(23,2)3/h4-16H,1H2,2-3H3. The van der Waals surface area contributed by atoms with Gasteiger partial charge in [0, 0.05) is 17.2 Å². The van der Waals surface area contributed by atoms with Gasteiger partial charge in [0.2, 0.25) is 0 Å². The molecular weight excluding hydrogens is 326 g/mol. The Labute approximate surface area is 160 Å². The first-order chi connectivity index (χ1) is 13.1. The number of benzene rings is 3. The van der Waals surface area contributed by atoms with Gasteiger partial charge in [-0.25, -0.2) is 0 Å². The lowest BCUT2D eigenvalue weighted by Gasteiger charge is -2.24. The molecule has 0 bridgehead atoms. The molecule has 1 aliphatic rings. The Kier molecular flexibility index (Phi) is 3.35. The fourth-order valence-electron chi connectivity index (χ4n) is 4.57. The second kappa shape index (κ2) is 5.65. The van der Waals surface area contributed by atoms with Crippen LogP contribution >= 0.6 is 0 Å². The normalized spacial score (nSPS) is 14.0. The molecule has 1 nitrogen and oxygen atoms in total. The number of aromatic nitrogens is 1. The topological polar surface area (TPSA) is 12.9 Å². The fourth-order valence-corrected chi connectivity index (χ4v) is 4.57. The molecule has 5 rings (SSSR count). The van der Waals surface area contributed by atoms with Crippen LogP contribution in [0.1, 0.15) is 30.5 Å². The van der Waals surface area contributed by atoms with E-state index in [1.54, 1.807) is 0 Å². The van der Waals surface area contributed by atoms with Gasteiger partial charge in [-0.2, -0.15) is 0 Å². The number of fused-ring (bicyclic) bond motifs is 5. The number of pyridine rings is 1. The smallest absolute Gasteiger partial charge is 0.0708 e. The largest absolute Gasteiger partial charge is 0.256 e. The van der Waals surface area contributed by atoms with Gasteiger partial charge in [-0.3, -0.25) is 4.98 Å². The molecule has 1 heteroatoms. The van der Waals surface area contributed by atoms with E-state index in [0.717, 1.165) is 16.8 Å². The Bertz CT molecular complexity index is 1200. The molecule has 0 saturated heterocycles. The highest BCUT2D eigenvalue weighted by molar-refractivity contribution is 5.98. The third-order valence-electron chi connectivity index (χ3n) is 5.87. The summed E-state index contributed by atoms with van der Waals surface area (Å²) in [4.78, 5) is 4.58. The highest BCUT2D eigenvalue weighted by atomic mass is 14.7. The van der Waals surface area contributed by atoms with Crippen LogP contribution in [-0.4, -0.2) is 4.98 Å². The first-order valence-electron chi connectivity index (χ1n) is 9.36. The summed E-state index contributed by atoms with van der Waals surface area (Å²) in [6, 6.07) is 23.9. The second-order valence-electron chi connectivity index (χ2n) is 7.74. The Morgan fingerprint density at radius 1 is 0.852 bits per heavy atom. The van der Waals surface area contributed by atoms with Crippen LogP contribution in [0.4, 0.5) is 0 Å². The lowest BCUT2D eigenvalue weighted by Crippen LogP contribution is -2.15. The second-order valence-corrected chi connectivity index (χ2v) is 7.74. The minimum Gasteiger partial charge on any atom is -0.256 e. The molecule has 0 amide bonds. The van der Waals surface area contributed by atoms with Gasteiger partial charge in [0.15, 0.2) is 0 Å². The molecule has 1 aromatic heterocycles. The molecule has 0 aliphatic heterocycles. The Morgan fingerprint density at radius 3 is 2.44 bits per heavy atom. The summed E-state index contributed by atoms with van der Waals surface area (Å²) in [6.07, 6.45) is 3.79. The third kappa shape index (κ3) is 2.21. The summed E-state index contributed by atoms with van der Waals surface area (Å²) in [5.74, 6) is 0. The number of rotatable bonds is 2. The van der Waals surface area contributed by atoms with Crippen molar-refractivity contribution < 1.29 is 0 Å². The summed E-state index contributed by atoms with van der Waals surface area (Å²) in [5, 5.41) is 2.64. The number of hydrogen-bond acceptors (Lipinski definition) is 1. The lowest BCUT2D eigenvalue weighted by atomic mass is 9.79. The van der Waals surface area contributed by atoms with E-state index in [2.05, 4.69) is 80.0 Å². The van der Waals surface area contributed by atoms with Crippen molar-refractivity contribution in [1.82, 2.24) is 4.98 Å². The van der Waals surface area contributed by atoms with Crippen molar-refractivity contribution in [2.24, 2.45) is 0 Å². The summed E-state index contributed by atoms with van der Waals surface area (Å²) < 4.78 is 0. The molecule has 0 fully saturated rings. The van der Waals surface area contributed by atoms with Crippen LogP contribution in [0.3, 0.4) is 0 Å². The van der Waals surface area contributed by atoms with E-state index in [0.29, 0.717) is 0 Å². The van der Waals surface area contributed by atoms with Crippen LogP contribution in [0.2, 0.25) is 0 Å². The highest BCUT2D eigenvalue weighted by Crippen LogP contribution is 2.52. The van der Waals surface area contributed by atoms with Crippen LogP contribution in [0, 0.1) is 0 Å². The Morgan fingerprint density at radius 2 is 1.67 bits per heavy atom. The molecule has 1 aliphatic carbocycles. The van der Waals surface area contributed by atoms with Crippen molar-refractivity contribution in [1.29, 1.82) is 0 Å². The maximum atomic E-state index is 4.58. The van der Waals surface area contributed by atoms with Crippen LogP contribution < -0.4 is 0 Å². The van der Waals surface area contributed by atoms with E-state index in [1.807, 2.05) is 24.4 Å². The maximum Gasteiger partial charge on any atom is 0.0708 e. The van der Waals surface area contributed by atoms with E-state index >= 15 is 0 Å². The summed E-state index contributed by atoms with van der Waals surface area (Å²) in [7, 11) is 0. The molecule has 0 spiro atoms. The van der Waals surface area contributed by atoms with Crippen molar-refractivity contribution in [3.05, 3.63) is 96.2 Å². The van der Waals surface area contributed by atoms with Crippen LogP contribution in [0.15, 0.2) is 79.5 Å².